The molecule has 110 valence electrons. The van der Waals surface area contributed by atoms with E-state index in [1.54, 1.807) is 13.1 Å². The van der Waals surface area contributed by atoms with Crippen molar-refractivity contribution < 1.29 is 9.90 Å². The number of hydrogen-bond donors (Lipinski definition) is 1. The molecule has 0 aromatic carbocycles. The highest BCUT2D eigenvalue weighted by Gasteiger charge is 2.18. The predicted octanol–water partition coefficient (Wildman–Crippen LogP) is 2.78. The third-order valence-electron chi connectivity index (χ3n) is 2.66. The van der Waals surface area contributed by atoms with Gasteiger partial charge in [0.05, 0.1) is 23.8 Å². The van der Waals surface area contributed by atoms with Crippen molar-refractivity contribution in [3.8, 4) is 0 Å². The first-order valence-electron chi connectivity index (χ1n) is 6.21. The van der Waals surface area contributed by atoms with Gasteiger partial charge in [-0.2, -0.15) is 0 Å². The van der Waals surface area contributed by atoms with Crippen LogP contribution >= 0.6 is 23.4 Å². The van der Waals surface area contributed by atoms with Crippen LogP contribution in [-0.4, -0.2) is 31.0 Å². The van der Waals surface area contributed by atoms with E-state index in [1.165, 1.54) is 18.0 Å². The molecule has 0 aliphatic carbocycles. The Bertz CT molecular complexity index is 664. The Labute approximate surface area is 131 Å². The van der Waals surface area contributed by atoms with Crippen LogP contribution in [0.3, 0.4) is 0 Å². The first kappa shape index (κ1) is 15.7. The van der Waals surface area contributed by atoms with Crippen molar-refractivity contribution in [2.45, 2.75) is 31.0 Å². The van der Waals surface area contributed by atoms with E-state index in [1.807, 2.05) is 6.92 Å². The molecule has 1 N–H and O–H groups in total. The Kier molecular flexibility index (Phi) is 5.08. The van der Waals surface area contributed by atoms with Gasteiger partial charge in [0.25, 0.3) is 0 Å². The number of carbonyl (C=O) groups is 1. The highest BCUT2D eigenvalue weighted by atomic mass is 35.5. The van der Waals surface area contributed by atoms with Crippen LogP contribution in [0.1, 0.15) is 34.5 Å². The highest BCUT2D eigenvalue weighted by molar-refractivity contribution is 7.98. The van der Waals surface area contributed by atoms with Gasteiger partial charge in [-0.05, 0) is 6.92 Å². The summed E-state index contributed by atoms with van der Waals surface area (Å²) in [6.45, 7) is 3.60. The molecule has 0 saturated carbocycles. The summed E-state index contributed by atoms with van der Waals surface area (Å²) in [6.07, 6.45) is 3.66. The average Bonchev–Trinajstić information content (AvgIpc) is 2.45. The molecule has 0 radical (unpaired) electrons. The molecule has 0 aliphatic heterocycles. The van der Waals surface area contributed by atoms with Crippen LogP contribution in [0.4, 0.5) is 0 Å². The minimum absolute atomic E-state index is 0.138. The first-order valence-corrected chi connectivity index (χ1v) is 7.57. The molecule has 0 bridgehead atoms. The minimum Gasteiger partial charge on any atom is -0.478 e. The fourth-order valence-corrected chi connectivity index (χ4v) is 2.75. The lowest BCUT2D eigenvalue weighted by atomic mass is 10.2. The summed E-state index contributed by atoms with van der Waals surface area (Å²) in [6, 6.07) is 0. The fourth-order valence-electron chi connectivity index (χ4n) is 1.67. The molecule has 0 saturated heterocycles. The Morgan fingerprint density at radius 3 is 2.67 bits per heavy atom. The number of halogens is 1. The summed E-state index contributed by atoms with van der Waals surface area (Å²) < 4.78 is 0. The number of carboxylic acids is 1. The Morgan fingerprint density at radius 2 is 2.10 bits per heavy atom. The Morgan fingerprint density at radius 1 is 1.33 bits per heavy atom. The lowest BCUT2D eigenvalue weighted by molar-refractivity contribution is 0.0690. The second-order valence-electron chi connectivity index (χ2n) is 4.18. The summed E-state index contributed by atoms with van der Waals surface area (Å²) >= 11 is 6.98. The molecule has 0 unspecified atom stereocenters. The van der Waals surface area contributed by atoms with Gasteiger partial charge < -0.3 is 5.11 Å². The van der Waals surface area contributed by atoms with Gasteiger partial charge in [-0.3, -0.25) is 4.98 Å². The fraction of sp³-hybridized carbons (Fsp3) is 0.308. The van der Waals surface area contributed by atoms with Gasteiger partial charge in [-0.15, -0.1) is 0 Å². The van der Waals surface area contributed by atoms with Gasteiger partial charge >= 0.3 is 5.97 Å². The average molecular weight is 325 g/mol. The van der Waals surface area contributed by atoms with Crippen molar-refractivity contribution in [2.24, 2.45) is 0 Å². The van der Waals surface area contributed by atoms with E-state index in [9.17, 15) is 9.90 Å². The van der Waals surface area contributed by atoms with E-state index in [0.29, 0.717) is 39.6 Å². The van der Waals surface area contributed by atoms with E-state index in [0.717, 1.165) is 0 Å². The van der Waals surface area contributed by atoms with Gasteiger partial charge in [0.2, 0.25) is 0 Å². The number of aromatic carboxylic acids is 1. The standard InChI is InChI=1S/C13H13ClN4O2S/c1-3-10-17-7(2)11(13(19)20)12(18-10)21-6-8-4-16-9(14)5-15-8/h4-5H,3,6H2,1-2H3,(H,19,20). The monoisotopic (exact) mass is 324 g/mol. The zero-order chi connectivity index (χ0) is 15.4. The van der Waals surface area contributed by atoms with Crippen molar-refractivity contribution in [1.82, 2.24) is 19.9 Å². The number of carboxylic acid groups (broad SMARTS) is 1. The SMILES string of the molecule is CCc1nc(C)c(C(=O)O)c(SCc2cnc(Cl)cn2)n1. The van der Waals surface area contributed by atoms with Gasteiger partial charge in [0, 0.05) is 12.2 Å². The molecule has 2 aromatic heterocycles. The Balaban J connectivity index is 2.27. The van der Waals surface area contributed by atoms with Crippen LogP contribution < -0.4 is 0 Å². The number of nitrogens with zero attached hydrogens (tertiary/aromatic N) is 4. The quantitative estimate of drug-likeness (QED) is 0.668. The summed E-state index contributed by atoms with van der Waals surface area (Å²) in [5, 5.41) is 10.1. The maximum absolute atomic E-state index is 11.4. The van der Waals surface area contributed by atoms with Gasteiger partial charge in [0.1, 0.15) is 21.6 Å². The molecular weight excluding hydrogens is 312 g/mol. The number of hydrogen-bond acceptors (Lipinski definition) is 6. The third kappa shape index (κ3) is 3.89. The van der Waals surface area contributed by atoms with Crippen LogP contribution in [-0.2, 0) is 12.2 Å². The smallest absolute Gasteiger partial charge is 0.340 e. The second-order valence-corrected chi connectivity index (χ2v) is 5.53. The maximum Gasteiger partial charge on any atom is 0.340 e. The highest BCUT2D eigenvalue weighted by Crippen LogP contribution is 2.25. The molecular formula is C13H13ClN4O2S. The summed E-state index contributed by atoms with van der Waals surface area (Å²) in [4.78, 5) is 27.9. The van der Waals surface area contributed by atoms with Gasteiger partial charge in [-0.1, -0.05) is 30.3 Å². The molecule has 0 aliphatic rings. The molecule has 0 amide bonds. The predicted molar refractivity (Wildman–Crippen MR) is 79.7 cm³/mol. The normalized spacial score (nSPS) is 10.6. The number of rotatable bonds is 5. The molecule has 0 spiro atoms. The van der Waals surface area contributed by atoms with Crippen LogP contribution in [0, 0.1) is 6.92 Å². The van der Waals surface area contributed by atoms with Crippen molar-refractivity contribution in [3.05, 3.63) is 40.3 Å². The van der Waals surface area contributed by atoms with Gasteiger partial charge in [0.15, 0.2) is 0 Å². The largest absolute Gasteiger partial charge is 0.478 e. The lowest BCUT2D eigenvalue weighted by Gasteiger charge is -2.09. The third-order valence-corrected chi connectivity index (χ3v) is 3.87. The molecule has 0 fully saturated rings. The molecule has 2 heterocycles. The van der Waals surface area contributed by atoms with Crippen LogP contribution in [0.5, 0.6) is 0 Å². The Hall–Kier alpha value is -1.73. The minimum atomic E-state index is -1.03. The van der Waals surface area contributed by atoms with Crippen LogP contribution in [0.15, 0.2) is 17.4 Å². The first-order chi connectivity index (χ1) is 10.0. The maximum atomic E-state index is 11.4. The molecule has 6 nitrogen and oxygen atoms in total. The zero-order valence-electron chi connectivity index (χ0n) is 11.5. The van der Waals surface area contributed by atoms with E-state index >= 15 is 0 Å². The number of aromatic nitrogens is 4. The van der Waals surface area contributed by atoms with Crippen molar-refractivity contribution in [1.29, 1.82) is 0 Å². The summed E-state index contributed by atoms with van der Waals surface area (Å²) in [7, 11) is 0. The summed E-state index contributed by atoms with van der Waals surface area (Å²) in [5.74, 6) is 0.0615. The lowest BCUT2D eigenvalue weighted by Crippen LogP contribution is -2.09. The van der Waals surface area contributed by atoms with Crippen LogP contribution in [0.25, 0.3) is 0 Å². The van der Waals surface area contributed by atoms with Crippen molar-refractivity contribution in [3.63, 3.8) is 0 Å². The zero-order valence-corrected chi connectivity index (χ0v) is 13.1. The molecule has 8 heteroatoms. The molecule has 0 atom stereocenters. The topological polar surface area (TPSA) is 88.9 Å². The number of aryl methyl sites for hydroxylation is 2. The van der Waals surface area contributed by atoms with Crippen molar-refractivity contribution >= 4 is 29.3 Å². The van der Waals surface area contributed by atoms with E-state index in [4.69, 9.17) is 11.6 Å². The summed E-state index contributed by atoms with van der Waals surface area (Å²) in [5.41, 5.74) is 1.31. The van der Waals surface area contributed by atoms with Gasteiger partial charge in [-0.25, -0.2) is 19.7 Å². The van der Waals surface area contributed by atoms with E-state index in [2.05, 4.69) is 19.9 Å². The second kappa shape index (κ2) is 6.82. The van der Waals surface area contributed by atoms with Crippen LogP contribution in [0.2, 0.25) is 5.15 Å². The van der Waals surface area contributed by atoms with E-state index < -0.39 is 5.97 Å². The molecule has 2 aromatic rings. The number of thioether (sulfide) groups is 1. The molecule has 21 heavy (non-hydrogen) atoms. The van der Waals surface area contributed by atoms with Crippen molar-refractivity contribution in [2.75, 3.05) is 0 Å². The molecule has 2 rings (SSSR count). The van der Waals surface area contributed by atoms with E-state index in [-0.39, 0.29) is 5.56 Å².